The highest BCUT2D eigenvalue weighted by Gasteiger charge is 2.13. The second kappa shape index (κ2) is 8.46. The molecule has 1 N–H and O–H groups in total. The molecule has 0 spiro atoms. The average Bonchev–Trinajstić information content (AvgIpc) is 2.55. The third-order valence-electron chi connectivity index (χ3n) is 3.72. The van der Waals surface area contributed by atoms with Crippen LogP contribution in [0.4, 0.5) is 19.3 Å². The summed E-state index contributed by atoms with van der Waals surface area (Å²) < 4.78 is 33.9. The van der Waals surface area contributed by atoms with E-state index >= 15 is 0 Å². The number of alkyl halides is 2. The number of amides is 1. The van der Waals surface area contributed by atoms with Crippen LogP contribution in [0.1, 0.15) is 29.2 Å². The van der Waals surface area contributed by atoms with Gasteiger partial charge >= 0.3 is 12.7 Å². The number of anilines is 1. The van der Waals surface area contributed by atoms with Crippen LogP contribution in [0.3, 0.4) is 0 Å². The van der Waals surface area contributed by atoms with Crippen LogP contribution in [-0.2, 0) is 17.8 Å². The summed E-state index contributed by atoms with van der Waals surface area (Å²) in [4.78, 5) is 11.4. The second-order valence-corrected chi connectivity index (χ2v) is 5.69. The zero-order valence-electron chi connectivity index (χ0n) is 14.4. The maximum atomic E-state index is 12.1. The van der Waals surface area contributed by atoms with E-state index < -0.39 is 12.7 Å². The minimum absolute atomic E-state index is 0.193. The number of carbonyl (C=O) groups is 1. The first kappa shape index (κ1) is 18.7. The van der Waals surface area contributed by atoms with Crippen molar-refractivity contribution in [1.82, 2.24) is 0 Å². The molecule has 0 aromatic heterocycles. The van der Waals surface area contributed by atoms with Gasteiger partial charge < -0.3 is 9.47 Å². The third-order valence-corrected chi connectivity index (χ3v) is 3.72. The molecule has 25 heavy (non-hydrogen) atoms. The Bertz CT molecular complexity index is 747. The molecule has 0 saturated carbocycles. The predicted molar refractivity (Wildman–Crippen MR) is 92.2 cm³/mol. The Hall–Kier alpha value is -2.63. The zero-order valence-corrected chi connectivity index (χ0v) is 14.4. The molecule has 0 fully saturated rings. The highest BCUT2D eigenvalue weighted by Crippen LogP contribution is 2.24. The minimum Gasteiger partial charge on any atom is -0.489 e. The van der Waals surface area contributed by atoms with Crippen molar-refractivity contribution in [2.24, 2.45) is 0 Å². The van der Waals surface area contributed by atoms with Crippen LogP contribution in [0.25, 0.3) is 0 Å². The highest BCUT2D eigenvalue weighted by atomic mass is 19.3. The Morgan fingerprint density at radius 1 is 1.16 bits per heavy atom. The standard InChI is InChI=1S/C19H21F2NO3/c1-4-14-6-8-17(13(3)10-14)24-11-15-9-12(2)5-7-16(15)22-19(23)25-18(20)21/h5-10,18H,4,11H2,1-3H3,(H,22,23). The third kappa shape index (κ3) is 5.45. The van der Waals surface area contributed by atoms with Gasteiger partial charge in [0.25, 0.3) is 0 Å². The summed E-state index contributed by atoms with van der Waals surface area (Å²) in [5, 5.41) is 2.32. The topological polar surface area (TPSA) is 47.6 Å². The molecule has 2 aromatic rings. The van der Waals surface area contributed by atoms with Crippen molar-refractivity contribution in [1.29, 1.82) is 0 Å². The van der Waals surface area contributed by atoms with Gasteiger partial charge in [0.15, 0.2) is 0 Å². The quantitative estimate of drug-likeness (QED) is 0.778. The molecular weight excluding hydrogens is 328 g/mol. The molecule has 6 heteroatoms. The lowest BCUT2D eigenvalue weighted by Gasteiger charge is -2.14. The number of hydrogen-bond donors (Lipinski definition) is 1. The van der Waals surface area contributed by atoms with Crippen LogP contribution in [-0.4, -0.2) is 12.7 Å². The normalized spacial score (nSPS) is 10.6. The first-order valence-corrected chi connectivity index (χ1v) is 7.96. The van der Waals surface area contributed by atoms with Gasteiger partial charge in [0.05, 0.1) is 5.69 Å². The Kier molecular flexibility index (Phi) is 6.33. The molecule has 0 aliphatic heterocycles. The molecule has 0 bridgehead atoms. The van der Waals surface area contributed by atoms with Crippen molar-refractivity contribution in [3.05, 3.63) is 58.7 Å². The number of ether oxygens (including phenoxy) is 2. The summed E-state index contributed by atoms with van der Waals surface area (Å²) in [5.41, 5.74) is 4.24. The SMILES string of the molecule is CCc1ccc(OCc2cc(C)ccc2NC(=O)OC(F)F)c(C)c1. The van der Waals surface area contributed by atoms with Crippen LogP contribution in [0, 0.1) is 13.8 Å². The van der Waals surface area contributed by atoms with Crippen LogP contribution in [0.15, 0.2) is 36.4 Å². The van der Waals surface area contributed by atoms with E-state index in [2.05, 4.69) is 23.0 Å². The summed E-state index contributed by atoms with van der Waals surface area (Å²) in [6.07, 6.45) is -0.261. The predicted octanol–water partition coefficient (Wildman–Crippen LogP) is 5.22. The molecule has 2 rings (SSSR count). The number of carbonyl (C=O) groups excluding carboxylic acids is 1. The first-order valence-electron chi connectivity index (χ1n) is 7.96. The molecule has 2 aromatic carbocycles. The van der Waals surface area contributed by atoms with Gasteiger partial charge in [0, 0.05) is 5.56 Å². The van der Waals surface area contributed by atoms with E-state index in [1.54, 1.807) is 12.1 Å². The minimum atomic E-state index is -3.16. The molecule has 0 radical (unpaired) electrons. The summed E-state index contributed by atoms with van der Waals surface area (Å²) in [6.45, 7) is 2.97. The number of nitrogens with one attached hydrogen (secondary N) is 1. The van der Waals surface area contributed by atoms with Crippen molar-refractivity contribution in [3.8, 4) is 5.75 Å². The van der Waals surface area contributed by atoms with Gasteiger partial charge in [-0.25, -0.2) is 4.79 Å². The summed E-state index contributed by atoms with van der Waals surface area (Å²) in [7, 11) is 0. The fraction of sp³-hybridized carbons (Fsp3) is 0.316. The van der Waals surface area contributed by atoms with E-state index in [1.165, 1.54) is 5.56 Å². The number of benzene rings is 2. The van der Waals surface area contributed by atoms with Crippen LogP contribution in [0.2, 0.25) is 0 Å². The molecule has 0 unspecified atom stereocenters. The Morgan fingerprint density at radius 3 is 2.56 bits per heavy atom. The van der Waals surface area contributed by atoms with Crippen LogP contribution < -0.4 is 10.1 Å². The number of hydrogen-bond acceptors (Lipinski definition) is 3. The van der Waals surface area contributed by atoms with E-state index in [9.17, 15) is 13.6 Å². The van der Waals surface area contributed by atoms with Gasteiger partial charge in [-0.1, -0.05) is 36.8 Å². The largest absolute Gasteiger partial charge is 0.489 e. The van der Waals surface area contributed by atoms with Crippen LogP contribution in [0.5, 0.6) is 5.75 Å². The smallest absolute Gasteiger partial charge is 0.416 e. The van der Waals surface area contributed by atoms with Crippen molar-refractivity contribution in [2.45, 2.75) is 40.4 Å². The van der Waals surface area contributed by atoms with Crippen molar-refractivity contribution < 1.29 is 23.0 Å². The average molecular weight is 349 g/mol. The molecule has 134 valence electrons. The molecule has 0 saturated heterocycles. The van der Waals surface area contributed by atoms with Gasteiger partial charge in [0.1, 0.15) is 12.4 Å². The fourth-order valence-electron chi connectivity index (χ4n) is 2.43. The molecule has 0 heterocycles. The number of halogens is 2. The first-order chi connectivity index (χ1) is 11.9. The summed E-state index contributed by atoms with van der Waals surface area (Å²) in [6, 6.07) is 11.2. The molecule has 4 nitrogen and oxygen atoms in total. The van der Waals surface area contributed by atoms with Crippen molar-refractivity contribution in [3.63, 3.8) is 0 Å². The molecular formula is C19H21F2NO3. The maximum Gasteiger partial charge on any atom is 0.416 e. The lowest BCUT2D eigenvalue weighted by molar-refractivity contribution is -0.0766. The number of rotatable bonds is 6. The van der Waals surface area contributed by atoms with Gasteiger partial charge in [-0.05, 0) is 43.5 Å². The second-order valence-electron chi connectivity index (χ2n) is 5.69. The summed E-state index contributed by atoms with van der Waals surface area (Å²) in [5.74, 6) is 0.736. The fourth-order valence-corrected chi connectivity index (χ4v) is 2.43. The Labute approximate surface area is 145 Å². The Balaban J connectivity index is 2.13. The monoisotopic (exact) mass is 349 g/mol. The Morgan fingerprint density at radius 2 is 1.92 bits per heavy atom. The van der Waals surface area contributed by atoms with E-state index in [4.69, 9.17) is 4.74 Å². The van der Waals surface area contributed by atoms with Gasteiger partial charge in [0.2, 0.25) is 0 Å². The van der Waals surface area contributed by atoms with Crippen molar-refractivity contribution >= 4 is 11.8 Å². The van der Waals surface area contributed by atoms with E-state index in [1.807, 2.05) is 32.0 Å². The molecule has 0 aliphatic carbocycles. The van der Waals surface area contributed by atoms with E-state index in [-0.39, 0.29) is 6.61 Å². The molecule has 0 aliphatic rings. The van der Waals surface area contributed by atoms with Crippen LogP contribution >= 0.6 is 0 Å². The van der Waals surface area contributed by atoms with Gasteiger partial charge in [-0.15, -0.1) is 0 Å². The number of aryl methyl sites for hydroxylation is 3. The highest BCUT2D eigenvalue weighted by molar-refractivity contribution is 5.85. The molecule has 0 atom stereocenters. The zero-order chi connectivity index (χ0) is 18.4. The maximum absolute atomic E-state index is 12.1. The lowest BCUT2D eigenvalue weighted by atomic mass is 10.1. The van der Waals surface area contributed by atoms with E-state index in [0.29, 0.717) is 11.3 Å². The molecule has 1 amide bonds. The van der Waals surface area contributed by atoms with E-state index in [0.717, 1.165) is 23.3 Å². The van der Waals surface area contributed by atoms with Crippen molar-refractivity contribution in [2.75, 3.05) is 5.32 Å². The van der Waals surface area contributed by atoms with Gasteiger partial charge in [-0.2, -0.15) is 8.78 Å². The van der Waals surface area contributed by atoms with Gasteiger partial charge in [-0.3, -0.25) is 5.32 Å². The summed E-state index contributed by atoms with van der Waals surface area (Å²) >= 11 is 0. The lowest BCUT2D eigenvalue weighted by Crippen LogP contribution is -2.18.